The van der Waals surface area contributed by atoms with Crippen LogP contribution in [0.2, 0.25) is 0 Å². The van der Waals surface area contributed by atoms with Gasteiger partial charge in [0.1, 0.15) is 6.54 Å². The number of hydrogen-bond acceptors (Lipinski definition) is 2. The molecule has 0 atom stereocenters. The van der Waals surface area contributed by atoms with Crippen LogP contribution in [0.15, 0.2) is 22.7 Å². The molecule has 1 aromatic heterocycles. The number of carboxylic acid groups (broad SMARTS) is 1. The molecule has 8 heteroatoms. The van der Waals surface area contributed by atoms with Crippen LogP contribution in [0.25, 0.3) is 10.9 Å². The van der Waals surface area contributed by atoms with E-state index in [0.29, 0.717) is 9.15 Å². The summed E-state index contributed by atoms with van der Waals surface area (Å²) in [6.45, 7) is -1.32. The Balaban J connectivity index is 2.65. The van der Waals surface area contributed by atoms with Crippen LogP contribution in [-0.4, -0.2) is 27.0 Å². The molecule has 0 aliphatic heterocycles. The predicted octanol–water partition coefficient (Wildman–Crippen LogP) is 3.06. The van der Waals surface area contributed by atoms with Crippen LogP contribution in [-0.2, 0) is 6.54 Å². The smallest absolute Gasteiger partial charge is 0.408 e. The average Bonchev–Trinajstić information content (AvgIpc) is 2.54. The van der Waals surface area contributed by atoms with Crippen LogP contribution < -0.4 is 0 Å². The predicted molar refractivity (Wildman–Crippen MR) is 60.4 cm³/mol. The van der Waals surface area contributed by atoms with Crippen LogP contribution >= 0.6 is 15.9 Å². The Hall–Kier alpha value is -1.57. The molecule has 2 aromatic rings. The molecule has 96 valence electrons. The molecule has 0 unspecified atom stereocenters. The van der Waals surface area contributed by atoms with Crippen molar-refractivity contribution in [2.75, 3.05) is 0 Å². The Bertz CT molecular complexity index is 621. The molecule has 0 amide bonds. The van der Waals surface area contributed by atoms with Crippen LogP contribution in [0.3, 0.4) is 0 Å². The van der Waals surface area contributed by atoms with Gasteiger partial charge in [0, 0.05) is 9.86 Å². The van der Waals surface area contributed by atoms with Gasteiger partial charge in [0.2, 0.25) is 0 Å². The molecule has 0 saturated carbocycles. The van der Waals surface area contributed by atoms with Crippen molar-refractivity contribution in [3.63, 3.8) is 0 Å². The molecule has 0 radical (unpaired) electrons. The van der Waals surface area contributed by atoms with Crippen LogP contribution in [0.4, 0.5) is 13.2 Å². The average molecular weight is 323 g/mol. The number of aromatic carboxylic acids is 1. The molecule has 0 saturated heterocycles. The van der Waals surface area contributed by atoms with E-state index in [1.165, 1.54) is 18.2 Å². The normalized spacial score (nSPS) is 12.0. The van der Waals surface area contributed by atoms with Crippen molar-refractivity contribution in [1.82, 2.24) is 9.78 Å². The van der Waals surface area contributed by atoms with E-state index in [9.17, 15) is 18.0 Å². The highest BCUT2D eigenvalue weighted by atomic mass is 79.9. The number of alkyl halides is 3. The topological polar surface area (TPSA) is 55.1 Å². The van der Waals surface area contributed by atoms with Crippen LogP contribution in [0.1, 0.15) is 10.5 Å². The van der Waals surface area contributed by atoms with E-state index in [-0.39, 0.29) is 10.9 Å². The molecule has 0 aliphatic rings. The van der Waals surface area contributed by atoms with E-state index < -0.39 is 24.4 Å². The van der Waals surface area contributed by atoms with Gasteiger partial charge in [-0.3, -0.25) is 4.68 Å². The Morgan fingerprint density at radius 1 is 1.44 bits per heavy atom. The third-order valence-electron chi connectivity index (χ3n) is 2.24. The summed E-state index contributed by atoms with van der Waals surface area (Å²) in [7, 11) is 0. The van der Waals surface area contributed by atoms with Crippen molar-refractivity contribution in [1.29, 1.82) is 0 Å². The second kappa shape index (κ2) is 4.27. The number of halogens is 4. The summed E-state index contributed by atoms with van der Waals surface area (Å²) in [5, 5.41) is 12.6. The molecule has 1 N–H and O–H groups in total. The Morgan fingerprint density at radius 2 is 2.11 bits per heavy atom. The first-order chi connectivity index (χ1) is 8.28. The first-order valence-corrected chi connectivity index (χ1v) is 5.53. The summed E-state index contributed by atoms with van der Waals surface area (Å²) in [5.41, 5.74) is -0.261. The second-order valence-corrected chi connectivity index (χ2v) is 4.50. The molecular formula is C10H6BrF3N2O2. The van der Waals surface area contributed by atoms with E-state index >= 15 is 0 Å². The Kier molecular flexibility index (Phi) is 3.05. The number of aromatic nitrogens is 2. The molecule has 0 spiro atoms. The Morgan fingerprint density at radius 3 is 2.67 bits per heavy atom. The number of nitrogens with zero attached hydrogens (tertiary/aromatic N) is 2. The van der Waals surface area contributed by atoms with Crippen molar-refractivity contribution in [3.8, 4) is 0 Å². The SMILES string of the molecule is O=C(O)c1nn(CC(F)(F)F)c2ccc(Br)cc12. The van der Waals surface area contributed by atoms with E-state index in [0.717, 1.165) is 0 Å². The largest absolute Gasteiger partial charge is 0.476 e. The van der Waals surface area contributed by atoms with E-state index in [4.69, 9.17) is 5.11 Å². The highest BCUT2D eigenvalue weighted by molar-refractivity contribution is 9.10. The summed E-state index contributed by atoms with van der Waals surface area (Å²) < 4.78 is 38.2. The monoisotopic (exact) mass is 322 g/mol. The number of hydrogen-bond donors (Lipinski definition) is 1. The number of carboxylic acids is 1. The fourth-order valence-electron chi connectivity index (χ4n) is 1.60. The van der Waals surface area contributed by atoms with Gasteiger partial charge in [-0.1, -0.05) is 15.9 Å². The zero-order chi connectivity index (χ0) is 13.5. The third-order valence-corrected chi connectivity index (χ3v) is 2.74. The van der Waals surface area contributed by atoms with Gasteiger partial charge in [0.15, 0.2) is 5.69 Å². The van der Waals surface area contributed by atoms with Crippen LogP contribution in [0.5, 0.6) is 0 Å². The van der Waals surface area contributed by atoms with Crippen molar-refractivity contribution < 1.29 is 23.1 Å². The number of carbonyl (C=O) groups is 1. The van der Waals surface area contributed by atoms with Crippen molar-refractivity contribution in [2.45, 2.75) is 12.7 Å². The van der Waals surface area contributed by atoms with Gasteiger partial charge in [-0.15, -0.1) is 0 Å². The summed E-state index contributed by atoms with van der Waals surface area (Å²) >= 11 is 3.13. The van der Waals surface area contributed by atoms with Gasteiger partial charge in [-0.25, -0.2) is 4.79 Å². The lowest BCUT2D eigenvalue weighted by Gasteiger charge is -2.07. The van der Waals surface area contributed by atoms with Crippen molar-refractivity contribution in [2.24, 2.45) is 0 Å². The minimum atomic E-state index is -4.46. The maximum Gasteiger partial charge on any atom is 0.408 e. The molecule has 1 heterocycles. The molecule has 0 aliphatic carbocycles. The highest BCUT2D eigenvalue weighted by Crippen LogP contribution is 2.26. The molecule has 2 rings (SSSR count). The lowest BCUT2D eigenvalue weighted by atomic mass is 10.2. The van der Waals surface area contributed by atoms with Crippen molar-refractivity contribution in [3.05, 3.63) is 28.4 Å². The maximum atomic E-state index is 12.3. The lowest BCUT2D eigenvalue weighted by Crippen LogP contribution is -2.18. The van der Waals surface area contributed by atoms with Gasteiger partial charge in [-0.05, 0) is 18.2 Å². The standard InChI is InChI=1S/C10H6BrF3N2O2/c11-5-1-2-7-6(3-5)8(9(17)18)15-16(7)4-10(12,13)14/h1-3H,4H2,(H,17,18). The summed E-state index contributed by atoms with van der Waals surface area (Å²) in [6, 6.07) is 4.35. The molecule has 0 bridgehead atoms. The molecule has 18 heavy (non-hydrogen) atoms. The van der Waals surface area contributed by atoms with Gasteiger partial charge in [-0.2, -0.15) is 18.3 Å². The van der Waals surface area contributed by atoms with E-state index in [1.807, 2.05) is 0 Å². The van der Waals surface area contributed by atoms with E-state index in [1.54, 1.807) is 0 Å². The van der Waals surface area contributed by atoms with Gasteiger partial charge >= 0.3 is 12.1 Å². The first-order valence-electron chi connectivity index (χ1n) is 4.74. The minimum Gasteiger partial charge on any atom is -0.476 e. The molecule has 1 aromatic carbocycles. The third kappa shape index (κ3) is 2.47. The quantitative estimate of drug-likeness (QED) is 0.924. The molecule has 0 fully saturated rings. The zero-order valence-corrected chi connectivity index (χ0v) is 10.3. The first kappa shape index (κ1) is 12.9. The Labute approximate surface area is 107 Å². The van der Waals surface area contributed by atoms with Gasteiger partial charge < -0.3 is 5.11 Å². The zero-order valence-electron chi connectivity index (χ0n) is 8.70. The lowest BCUT2D eigenvalue weighted by molar-refractivity contribution is -0.141. The van der Waals surface area contributed by atoms with Gasteiger partial charge in [0.05, 0.1) is 5.52 Å². The summed E-state index contributed by atoms with van der Waals surface area (Å²) in [5.74, 6) is -1.36. The number of fused-ring (bicyclic) bond motifs is 1. The highest BCUT2D eigenvalue weighted by Gasteiger charge is 2.30. The molecule has 4 nitrogen and oxygen atoms in total. The molecular weight excluding hydrogens is 317 g/mol. The second-order valence-electron chi connectivity index (χ2n) is 3.59. The van der Waals surface area contributed by atoms with E-state index in [2.05, 4.69) is 21.0 Å². The minimum absolute atomic E-state index is 0.132. The van der Waals surface area contributed by atoms with Crippen molar-refractivity contribution >= 4 is 32.8 Å². The fraction of sp³-hybridized carbons (Fsp3) is 0.200. The fourth-order valence-corrected chi connectivity index (χ4v) is 1.96. The van der Waals surface area contributed by atoms with Gasteiger partial charge in [0.25, 0.3) is 0 Å². The number of rotatable bonds is 2. The maximum absolute atomic E-state index is 12.3. The summed E-state index contributed by atoms with van der Waals surface area (Å²) in [4.78, 5) is 10.9. The van der Waals surface area contributed by atoms with Crippen LogP contribution in [0, 0.1) is 0 Å². The summed E-state index contributed by atoms with van der Waals surface area (Å²) in [6.07, 6.45) is -4.46. The number of benzene rings is 1.